The summed E-state index contributed by atoms with van der Waals surface area (Å²) in [5, 5.41) is 0. The number of rotatable bonds is 3. The van der Waals surface area contributed by atoms with E-state index < -0.39 is 0 Å². The zero-order valence-electron chi connectivity index (χ0n) is 8.86. The smallest absolute Gasteiger partial charge is 0.0799 e. The third-order valence-corrected chi connectivity index (χ3v) is 3.10. The molecule has 0 unspecified atom stereocenters. The molecule has 0 N–H and O–H groups in total. The maximum Gasteiger partial charge on any atom is 0.0799 e. The molecule has 0 heterocycles. The summed E-state index contributed by atoms with van der Waals surface area (Å²) in [6, 6.07) is 0. The van der Waals surface area contributed by atoms with E-state index in [0.29, 0.717) is 0 Å². The lowest BCUT2D eigenvalue weighted by molar-refractivity contribution is -0.0832. The van der Waals surface area contributed by atoms with Crippen LogP contribution in [0.5, 0.6) is 0 Å². The molecule has 0 amide bonds. The molecule has 68 valence electrons. The van der Waals surface area contributed by atoms with Crippen molar-refractivity contribution in [1.29, 1.82) is 0 Å². The Morgan fingerprint density at radius 2 is 1.36 bits per heavy atom. The van der Waals surface area contributed by atoms with Crippen molar-refractivity contribution in [2.45, 2.75) is 38.8 Å². The highest BCUT2D eigenvalue weighted by atomic mass is 16.5. The Morgan fingerprint density at radius 3 is 1.45 bits per heavy atom. The van der Waals surface area contributed by atoms with Gasteiger partial charge in [-0.3, -0.25) is 0 Å². The van der Waals surface area contributed by atoms with Crippen molar-refractivity contribution < 1.29 is 4.74 Å². The molecule has 0 aliphatic carbocycles. The van der Waals surface area contributed by atoms with Crippen molar-refractivity contribution >= 4 is 0 Å². The van der Waals surface area contributed by atoms with Gasteiger partial charge >= 0.3 is 0 Å². The monoisotopic (exact) mass is 159 g/mol. The van der Waals surface area contributed by atoms with Gasteiger partial charge in [0.25, 0.3) is 0 Å². The molecule has 0 radical (unpaired) electrons. The SMILES string of the molecule is COC(C)(C)C(C)(C)N(C)C. The van der Waals surface area contributed by atoms with Crippen LogP contribution in [0.1, 0.15) is 27.7 Å². The Labute approximate surface area is 70.5 Å². The van der Waals surface area contributed by atoms with E-state index in [4.69, 9.17) is 4.74 Å². The van der Waals surface area contributed by atoms with Gasteiger partial charge in [0.1, 0.15) is 0 Å². The summed E-state index contributed by atoms with van der Waals surface area (Å²) in [6.07, 6.45) is 0. The highest BCUT2D eigenvalue weighted by Crippen LogP contribution is 2.28. The first-order valence-electron chi connectivity index (χ1n) is 3.98. The number of hydrogen-bond donors (Lipinski definition) is 0. The summed E-state index contributed by atoms with van der Waals surface area (Å²) < 4.78 is 5.42. The van der Waals surface area contributed by atoms with Crippen molar-refractivity contribution in [3.8, 4) is 0 Å². The van der Waals surface area contributed by atoms with Crippen molar-refractivity contribution in [1.82, 2.24) is 4.90 Å². The van der Waals surface area contributed by atoms with Crippen molar-refractivity contribution in [3.05, 3.63) is 0 Å². The molecule has 0 saturated heterocycles. The van der Waals surface area contributed by atoms with Crippen LogP contribution in [0.25, 0.3) is 0 Å². The first-order valence-corrected chi connectivity index (χ1v) is 3.98. The van der Waals surface area contributed by atoms with Crippen LogP contribution in [-0.2, 0) is 4.74 Å². The average molecular weight is 159 g/mol. The fourth-order valence-corrected chi connectivity index (χ4v) is 0.788. The van der Waals surface area contributed by atoms with Gasteiger partial charge in [0.2, 0.25) is 0 Å². The molecule has 0 saturated carbocycles. The fourth-order valence-electron chi connectivity index (χ4n) is 0.788. The van der Waals surface area contributed by atoms with Crippen molar-refractivity contribution in [2.75, 3.05) is 21.2 Å². The molecule has 11 heavy (non-hydrogen) atoms. The van der Waals surface area contributed by atoms with Crippen LogP contribution in [0.2, 0.25) is 0 Å². The standard InChI is InChI=1S/C9H21NO/c1-8(2,10(5)6)9(3,4)11-7/h1-7H3. The minimum atomic E-state index is -0.115. The largest absolute Gasteiger partial charge is 0.377 e. The first kappa shape index (κ1) is 10.9. The second-order valence-electron chi connectivity index (χ2n) is 4.17. The van der Waals surface area contributed by atoms with Gasteiger partial charge in [0, 0.05) is 12.6 Å². The molecule has 0 aromatic heterocycles. The second-order valence-corrected chi connectivity index (χ2v) is 4.17. The summed E-state index contributed by atoms with van der Waals surface area (Å²) in [6.45, 7) is 8.56. The minimum absolute atomic E-state index is 0.0573. The molecule has 0 fully saturated rings. The number of nitrogens with zero attached hydrogens (tertiary/aromatic N) is 1. The van der Waals surface area contributed by atoms with Crippen molar-refractivity contribution in [2.24, 2.45) is 0 Å². The number of hydrogen-bond acceptors (Lipinski definition) is 2. The lowest BCUT2D eigenvalue weighted by atomic mass is 9.85. The molecule has 0 atom stereocenters. The molecular weight excluding hydrogens is 138 g/mol. The van der Waals surface area contributed by atoms with Gasteiger partial charge in [-0.1, -0.05) is 0 Å². The number of ether oxygens (including phenoxy) is 1. The summed E-state index contributed by atoms with van der Waals surface area (Å²) in [4.78, 5) is 2.18. The van der Waals surface area contributed by atoms with Gasteiger partial charge in [0.05, 0.1) is 5.60 Å². The third kappa shape index (κ3) is 1.94. The van der Waals surface area contributed by atoms with Gasteiger partial charge in [-0.25, -0.2) is 0 Å². The number of likely N-dealkylation sites (N-methyl/N-ethyl adjacent to an activating group) is 1. The average Bonchev–Trinajstić information content (AvgIpc) is 1.87. The Morgan fingerprint density at radius 1 is 1.00 bits per heavy atom. The number of methoxy groups -OCH3 is 1. The zero-order chi connectivity index (χ0) is 9.28. The highest BCUT2D eigenvalue weighted by molar-refractivity contribution is 4.94. The van der Waals surface area contributed by atoms with Crippen LogP contribution in [0, 0.1) is 0 Å². The molecule has 0 aliphatic rings. The lowest BCUT2D eigenvalue weighted by Crippen LogP contribution is -2.55. The van der Waals surface area contributed by atoms with Gasteiger partial charge in [-0.2, -0.15) is 0 Å². The summed E-state index contributed by atoms with van der Waals surface area (Å²) in [5.74, 6) is 0. The van der Waals surface area contributed by atoms with E-state index >= 15 is 0 Å². The minimum Gasteiger partial charge on any atom is -0.377 e. The summed E-state index contributed by atoms with van der Waals surface area (Å²) in [7, 11) is 5.90. The van der Waals surface area contributed by atoms with E-state index in [2.05, 4.69) is 46.7 Å². The second kappa shape index (κ2) is 3.11. The van der Waals surface area contributed by atoms with E-state index in [0.717, 1.165) is 0 Å². The van der Waals surface area contributed by atoms with Crippen LogP contribution >= 0.6 is 0 Å². The molecule has 0 spiro atoms. The van der Waals surface area contributed by atoms with Gasteiger partial charge < -0.3 is 9.64 Å². The van der Waals surface area contributed by atoms with E-state index in [1.54, 1.807) is 7.11 Å². The van der Waals surface area contributed by atoms with E-state index in [9.17, 15) is 0 Å². The van der Waals surface area contributed by atoms with Crippen molar-refractivity contribution in [3.63, 3.8) is 0 Å². The van der Waals surface area contributed by atoms with Crippen LogP contribution in [0.15, 0.2) is 0 Å². The third-order valence-electron chi connectivity index (χ3n) is 3.10. The van der Waals surface area contributed by atoms with Crippen LogP contribution in [0.4, 0.5) is 0 Å². The van der Waals surface area contributed by atoms with E-state index in [-0.39, 0.29) is 11.1 Å². The molecule has 2 nitrogen and oxygen atoms in total. The van der Waals surface area contributed by atoms with E-state index in [1.807, 2.05) is 0 Å². The fraction of sp³-hybridized carbons (Fsp3) is 1.00. The van der Waals surface area contributed by atoms with Crippen LogP contribution in [0.3, 0.4) is 0 Å². The summed E-state index contributed by atoms with van der Waals surface area (Å²) >= 11 is 0. The van der Waals surface area contributed by atoms with E-state index in [1.165, 1.54) is 0 Å². The Balaban J connectivity index is 4.53. The van der Waals surface area contributed by atoms with Gasteiger partial charge in [0.15, 0.2) is 0 Å². The Hall–Kier alpha value is -0.0800. The Kier molecular flexibility index (Phi) is 3.09. The lowest BCUT2D eigenvalue weighted by Gasteiger charge is -2.45. The van der Waals surface area contributed by atoms with Crippen LogP contribution < -0.4 is 0 Å². The molecule has 2 heteroatoms. The highest BCUT2D eigenvalue weighted by Gasteiger charge is 2.38. The zero-order valence-corrected chi connectivity index (χ0v) is 8.86. The molecule has 0 aromatic rings. The predicted octanol–water partition coefficient (Wildman–Crippen LogP) is 1.75. The van der Waals surface area contributed by atoms with Gasteiger partial charge in [-0.15, -0.1) is 0 Å². The molecule has 0 rings (SSSR count). The van der Waals surface area contributed by atoms with Gasteiger partial charge in [-0.05, 0) is 41.8 Å². The van der Waals surface area contributed by atoms with Crippen LogP contribution in [-0.4, -0.2) is 37.2 Å². The topological polar surface area (TPSA) is 12.5 Å². The maximum atomic E-state index is 5.42. The molecular formula is C9H21NO. The quantitative estimate of drug-likeness (QED) is 0.622. The first-order chi connectivity index (χ1) is 4.75. The predicted molar refractivity (Wildman–Crippen MR) is 48.9 cm³/mol. The maximum absolute atomic E-state index is 5.42. The molecule has 0 aromatic carbocycles. The normalized spacial score (nSPS) is 14.2. The summed E-state index contributed by atoms with van der Waals surface area (Å²) in [5.41, 5.74) is -0.0573. The molecule has 0 aliphatic heterocycles. The Bertz CT molecular complexity index is 128. The molecule has 0 bridgehead atoms.